The predicted octanol–water partition coefficient (Wildman–Crippen LogP) is 3.30. The molecule has 1 amide bonds. The molecule has 1 aliphatic rings. The van der Waals surface area contributed by atoms with Crippen LogP contribution >= 0.6 is 11.8 Å². The van der Waals surface area contributed by atoms with Gasteiger partial charge in [-0.25, -0.2) is 18.5 Å². The molecule has 0 aliphatic carbocycles. The van der Waals surface area contributed by atoms with Crippen LogP contribution in [0, 0.1) is 26.2 Å². The third-order valence-electron chi connectivity index (χ3n) is 5.14. The van der Waals surface area contributed by atoms with E-state index >= 15 is 0 Å². The van der Waals surface area contributed by atoms with Crippen molar-refractivity contribution < 1.29 is 13.2 Å². The molecule has 0 saturated carbocycles. The van der Waals surface area contributed by atoms with E-state index in [2.05, 4.69) is 26.5 Å². The molecule has 0 fully saturated rings. The molecule has 0 atom stereocenters. The summed E-state index contributed by atoms with van der Waals surface area (Å²) in [4.78, 5) is 23.7. The number of thioether (sulfide) groups is 1. The second-order valence-corrected chi connectivity index (χ2v) is 10.2. The standard InChI is InChI=1S/C23H22N6O3S2/c1-4-9-29-18-10-16(7-8-19(18)33-13-21(29)30)26-22-15(3)12-25-23(28-22)27-17-6-5-14(2)20(11-17)34(24,31)32/h1,5-8,10-12H,9,13H2,2-3H3,(H2,24,31,32)(H2,25,26,27,28). The van der Waals surface area contributed by atoms with Crippen molar-refractivity contribution in [3.8, 4) is 12.3 Å². The number of hydrogen-bond donors (Lipinski definition) is 3. The number of aryl methyl sites for hydroxylation is 2. The molecule has 174 valence electrons. The van der Waals surface area contributed by atoms with Crippen molar-refractivity contribution in [1.82, 2.24) is 9.97 Å². The van der Waals surface area contributed by atoms with Crippen molar-refractivity contribution in [2.45, 2.75) is 23.6 Å². The number of carbonyl (C=O) groups is 1. The molecule has 3 aromatic rings. The summed E-state index contributed by atoms with van der Waals surface area (Å²) in [5.41, 5.74) is 3.31. The first-order valence-electron chi connectivity index (χ1n) is 10.2. The molecule has 1 aliphatic heterocycles. The number of carbonyl (C=O) groups excluding carboxylic acids is 1. The zero-order chi connectivity index (χ0) is 24.5. The third-order valence-corrected chi connectivity index (χ3v) is 7.24. The van der Waals surface area contributed by atoms with E-state index < -0.39 is 10.0 Å². The largest absolute Gasteiger partial charge is 0.340 e. The summed E-state index contributed by atoms with van der Waals surface area (Å²) in [6.45, 7) is 3.73. The van der Waals surface area contributed by atoms with Gasteiger partial charge < -0.3 is 10.6 Å². The fraction of sp³-hybridized carbons (Fsp3) is 0.174. The lowest BCUT2D eigenvalue weighted by molar-refractivity contribution is -0.116. The number of hydrogen-bond acceptors (Lipinski definition) is 8. The van der Waals surface area contributed by atoms with E-state index in [9.17, 15) is 13.2 Å². The minimum absolute atomic E-state index is 0.0287. The summed E-state index contributed by atoms with van der Waals surface area (Å²) >= 11 is 1.48. The number of rotatable bonds is 6. The van der Waals surface area contributed by atoms with Gasteiger partial charge in [0.05, 0.1) is 22.9 Å². The van der Waals surface area contributed by atoms with Crippen molar-refractivity contribution in [3.05, 3.63) is 53.7 Å². The molecular weight excluding hydrogens is 472 g/mol. The Kier molecular flexibility index (Phi) is 6.47. The summed E-state index contributed by atoms with van der Waals surface area (Å²) in [7, 11) is -3.86. The number of aromatic nitrogens is 2. The van der Waals surface area contributed by atoms with Crippen LogP contribution in [0.25, 0.3) is 0 Å². The van der Waals surface area contributed by atoms with Crippen LogP contribution < -0.4 is 20.7 Å². The van der Waals surface area contributed by atoms with Crippen LogP contribution in [0.15, 0.2) is 52.4 Å². The second-order valence-electron chi connectivity index (χ2n) is 7.66. The topological polar surface area (TPSA) is 130 Å². The molecule has 4 N–H and O–H groups in total. The van der Waals surface area contributed by atoms with Crippen molar-refractivity contribution in [1.29, 1.82) is 0 Å². The Hall–Kier alpha value is -3.59. The first kappa shape index (κ1) is 23.6. The molecule has 2 heterocycles. The zero-order valence-electron chi connectivity index (χ0n) is 18.5. The van der Waals surface area contributed by atoms with E-state index in [-0.39, 0.29) is 23.3 Å². The fourth-order valence-corrected chi connectivity index (χ4v) is 5.15. The SMILES string of the molecule is C#CCN1C(=O)CSc2ccc(Nc3nc(Nc4ccc(C)c(S(N)(=O)=O)c4)ncc3C)cc21. The molecule has 0 saturated heterocycles. The summed E-state index contributed by atoms with van der Waals surface area (Å²) in [5, 5.41) is 11.6. The molecule has 4 rings (SSSR count). The van der Waals surface area contributed by atoms with Crippen LogP contribution in [-0.4, -0.2) is 36.6 Å². The van der Waals surface area contributed by atoms with Gasteiger partial charge in [-0.2, -0.15) is 4.98 Å². The van der Waals surface area contributed by atoms with E-state index in [1.54, 1.807) is 30.2 Å². The molecule has 0 spiro atoms. The molecule has 0 radical (unpaired) electrons. The summed E-state index contributed by atoms with van der Waals surface area (Å²) in [5.74, 6) is 3.68. The van der Waals surface area contributed by atoms with Crippen LogP contribution in [0.4, 0.5) is 28.8 Å². The fourth-order valence-electron chi connectivity index (χ4n) is 3.42. The van der Waals surface area contributed by atoms with E-state index in [0.717, 1.165) is 21.8 Å². The molecule has 11 heteroatoms. The van der Waals surface area contributed by atoms with Gasteiger partial charge in [0, 0.05) is 28.0 Å². The normalized spacial score (nSPS) is 13.2. The second kappa shape index (κ2) is 9.34. The highest BCUT2D eigenvalue weighted by Gasteiger charge is 2.24. The number of anilines is 5. The first-order chi connectivity index (χ1) is 16.2. The Bertz CT molecular complexity index is 1430. The van der Waals surface area contributed by atoms with Gasteiger partial charge >= 0.3 is 0 Å². The zero-order valence-corrected chi connectivity index (χ0v) is 20.1. The van der Waals surface area contributed by atoms with E-state index in [1.807, 2.05) is 25.1 Å². The molecule has 0 unspecified atom stereocenters. The van der Waals surface area contributed by atoms with E-state index in [1.165, 1.54) is 17.8 Å². The van der Waals surface area contributed by atoms with Gasteiger partial charge in [0.25, 0.3) is 0 Å². The Balaban J connectivity index is 1.61. The smallest absolute Gasteiger partial charge is 0.238 e. The minimum atomic E-state index is -3.86. The lowest BCUT2D eigenvalue weighted by Crippen LogP contribution is -2.35. The number of terminal acetylenes is 1. The Labute approximate surface area is 202 Å². The average molecular weight is 495 g/mol. The Morgan fingerprint density at radius 2 is 1.88 bits per heavy atom. The van der Waals surface area contributed by atoms with Crippen LogP contribution in [0.5, 0.6) is 0 Å². The third kappa shape index (κ3) is 4.99. The first-order valence-corrected chi connectivity index (χ1v) is 12.7. The quantitative estimate of drug-likeness (QED) is 0.445. The maximum Gasteiger partial charge on any atom is 0.238 e. The Morgan fingerprint density at radius 3 is 2.62 bits per heavy atom. The summed E-state index contributed by atoms with van der Waals surface area (Å²) in [6, 6.07) is 10.5. The van der Waals surface area contributed by atoms with Crippen LogP contribution in [0.3, 0.4) is 0 Å². The van der Waals surface area contributed by atoms with Crippen molar-refractivity contribution >= 4 is 56.5 Å². The van der Waals surface area contributed by atoms with E-state index in [0.29, 0.717) is 22.8 Å². The van der Waals surface area contributed by atoms with Gasteiger partial charge in [-0.1, -0.05) is 12.0 Å². The number of sulfonamides is 1. The molecule has 9 nitrogen and oxygen atoms in total. The molecular formula is C23H22N6O3S2. The highest BCUT2D eigenvalue weighted by molar-refractivity contribution is 8.00. The van der Waals surface area contributed by atoms with Crippen molar-refractivity contribution in [3.63, 3.8) is 0 Å². The number of nitrogens with two attached hydrogens (primary N) is 1. The van der Waals surface area contributed by atoms with Crippen molar-refractivity contribution in [2.75, 3.05) is 27.8 Å². The molecule has 2 aromatic carbocycles. The number of fused-ring (bicyclic) bond motifs is 1. The summed E-state index contributed by atoms with van der Waals surface area (Å²) < 4.78 is 23.6. The highest BCUT2D eigenvalue weighted by Crippen LogP contribution is 2.37. The molecule has 0 bridgehead atoms. The van der Waals surface area contributed by atoms with Gasteiger partial charge in [-0.3, -0.25) is 9.69 Å². The predicted molar refractivity (Wildman–Crippen MR) is 134 cm³/mol. The molecule has 34 heavy (non-hydrogen) atoms. The van der Waals surface area contributed by atoms with Crippen molar-refractivity contribution in [2.24, 2.45) is 5.14 Å². The number of nitrogens with one attached hydrogen (secondary N) is 2. The number of amides is 1. The average Bonchev–Trinajstić information content (AvgIpc) is 2.78. The molecule has 1 aromatic heterocycles. The lowest BCUT2D eigenvalue weighted by Gasteiger charge is -2.28. The maximum absolute atomic E-state index is 12.3. The number of benzene rings is 2. The monoisotopic (exact) mass is 494 g/mol. The van der Waals surface area contributed by atoms with Gasteiger partial charge in [0.1, 0.15) is 5.82 Å². The van der Waals surface area contributed by atoms with Crippen LogP contribution in [-0.2, 0) is 14.8 Å². The lowest BCUT2D eigenvalue weighted by atomic mass is 10.2. The van der Waals surface area contributed by atoms with Crippen LogP contribution in [0.2, 0.25) is 0 Å². The van der Waals surface area contributed by atoms with Gasteiger partial charge in [-0.05, 0) is 49.7 Å². The minimum Gasteiger partial charge on any atom is -0.340 e. The Morgan fingerprint density at radius 1 is 1.15 bits per heavy atom. The van der Waals surface area contributed by atoms with Gasteiger partial charge in [0.15, 0.2) is 0 Å². The highest BCUT2D eigenvalue weighted by atomic mass is 32.2. The van der Waals surface area contributed by atoms with Gasteiger partial charge in [0.2, 0.25) is 21.9 Å². The number of primary sulfonamides is 1. The van der Waals surface area contributed by atoms with E-state index in [4.69, 9.17) is 11.6 Å². The van der Waals surface area contributed by atoms with Crippen LogP contribution in [0.1, 0.15) is 11.1 Å². The maximum atomic E-state index is 12.3. The number of nitrogens with zero attached hydrogens (tertiary/aromatic N) is 3. The summed E-state index contributed by atoms with van der Waals surface area (Å²) in [6.07, 6.45) is 7.10. The van der Waals surface area contributed by atoms with Gasteiger partial charge in [-0.15, -0.1) is 18.2 Å².